The van der Waals surface area contributed by atoms with Crippen molar-refractivity contribution in [1.82, 2.24) is 19.4 Å². The predicted molar refractivity (Wildman–Crippen MR) is 102 cm³/mol. The number of amides is 1. The van der Waals surface area contributed by atoms with Crippen LogP contribution < -0.4 is 0 Å². The van der Waals surface area contributed by atoms with E-state index in [4.69, 9.17) is 11.6 Å². The number of imidazole rings is 1. The zero-order valence-corrected chi connectivity index (χ0v) is 16.0. The third kappa shape index (κ3) is 4.19. The van der Waals surface area contributed by atoms with Gasteiger partial charge in [0.2, 0.25) is 0 Å². The molecule has 2 heterocycles. The summed E-state index contributed by atoms with van der Waals surface area (Å²) in [6.07, 6.45) is 5.77. The molecule has 1 aromatic heterocycles. The standard InChI is InChI=1S/C19H25ClN4O2/c1-22(2)10-11-23-9-7-21-18(23)14-4-3-8-24(13-14)19(26)16-6-5-15(20)12-17(16)25/h5-7,9,12,14,25H,3-4,8,10-11,13H2,1-2H3/t14-/m0/s1. The lowest BCUT2D eigenvalue weighted by molar-refractivity contribution is 0.0700. The highest BCUT2D eigenvalue weighted by molar-refractivity contribution is 6.30. The maximum Gasteiger partial charge on any atom is 0.257 e. The van der Waals surface area contributed by atoms with Crippen molar-refractivity contribution in [3.8, 4) is 5.75 Å². The van der Waals surface area contributed by atoms with E-state index in [0.29, 0.717) is 23.7 Å². The molecule has 0 aliphatic carbocycles. The summed E-state index contributed by atoms with van der Waals surface area (Å²) in [6.45, 7) is 3.12. The Kier molecular flexibility index (Phi) is 5.84. The van der Waals surface area contributed by atoms with E-state index >= 15 is 0 Å². The Morgan fingerprint density at radius 3 is 2.96 bits per heavy atom. The summed E-state index contributed by atoms with van der Waals surface area (Å²) in [5.41, 5.74) is 0.297. The van der Waals surface area contributed by atoms with Crippen molar-refractivity contribution in [2.45, 2.75) is 25.3 Å². The minimum absolute atomic E-state index is 0.0721. The van der Waals surface area contributed by atoms with Crippen molar-refractivity contribution in [2.75, 3.05) is 33.7 Å². The summed E-state index contributed by atoms with van der Waals surface area (Å²) in [6, 6.07) is 4.62. The van der Waals surface area contributed by atoms with Gasteiger partial charge in [-0.2, -0.15) is 0 Å². The molecule has 0 radical (unpaired) electrons. The van der Waals surface area contributed by atoms with Gasteiger partial charge in [-0.3, -0.25) is 4.79 Å². The SMILES string of the molecule is CN(C)CCn1ccnc1[C@H]1CCCN(C(=O)c2ccc(Cl)cc2O)C1. The van der Waals surface area contributed by atoms with E-state index in [1.54, 1.807) is 12.1 Å². The van der Waals surface area contributed by atoms with Crippen molar-refractivity contribution in [3.63, 3.8) is 0 Å². The first-order valence-corrected chi connectivity index (χ1v) is 9.27. The number of phenols is 1. The summed E-state index contributed by atoms with van der Waals surface area (Å²) >= 11 is 5.87. The third-order valence-corrected chi connectivity index (χ3v) is 5.03. The van der Waals surface area contributed by atoms with Crippen molar-refractivity contribution < 1.29 is 9.90 Å². The molecule has 0 unspecified atom stereocenters. The molecule has 0 bridgehead atoms. The van der Waals surface area contributed by atoms with Gasteiger partial charge >= 0.3 is 0 Å². The van der Waals surface area contributed by atoms with Crippen LogP contribution in [0, 0.1) is 0 Å². The Morgan fingerprint density at radius 2 is 2.23 bits per heavy atom. The number of benzene rings is 1. The Hall–Kier alpha value is -2.05. The molecule has 7 heteroatoms. The summed E-state index contributed by atoms with van der Waals surface area (Å²) < 4.78 is 2.18. The molecule has 2 aromatic rings. The fourth-order valence-electron chi connectivity index (χ4n) is 3.41. The number of phenolic OH excluding ortho intramolecular Hbond substituents is 1. The fourth-order valence-corrected chi connectivity index (χ4v) is 3.57. The molecule has 140 valence electrons. The molecule has 0 saturated carbocycles. The molecule has 1 amide bonds. The lowest BCUT2D eigenvalue weighted by Gasteiger charge is -2.33. The van der Waals surface area contributed by atoms with E-state index in [1.807, 2.05) is 17.3 Å². The average molecular weight is 377 g/mol. The number of hydrogen-bond acceptors (Lipinski definition) is 4. The first-order chi connectivity index (χ1) is 12.5. The second-order valence-electron chi connectivity index (χ2n) is 7.03. The Balaban J connectivity index is 1.73. The van der Waals surface area contributed by atoms with Crippen LogP contribution in [-0.2, 0) is 6.54 Å². The molecule has 1 N–H and O–H groups in total. The van der Waals surface area contributed by atoms with Crippen molar-refractivity contribution in [2.24, 2.45) is 0 Å². The average Bonchev–Trinajstić information content (AvgIpc) is 3.08. The summed E-state index contributed by atoms with van der Waals surface area (Å²) in [4.78, 5) is 21.3. The number of rotatable bonds is 5. The Labute approximate surface area is 159 Å². The lowest BCUT2D eigenvalue weighted by atomic mass is 9.96. The molecular weight excluding hydrogens is 352 g/mol. The van der Waals surface area contributed by atoms with Crippen molar-refractivity contribution >= 4 is 17.5 Å². The second kappa shape index (κ2) is 8.10. The number of piperidine rings is 1. The van der Waals surface area contributed by atoms with Crippen molar-refractivity contribution in [3.05, 3.63) is 47.0 Å². The van der Waals surface area contributed by atoms with Gasteiger partial charge < -0.3 is 19.5 Å². The zero-order valence-electron chi connectivity index (χ0n) is 15.2. The molecule has 6 nitrogen and oxygen atoms in total. The first kappa shape index (κ1) is 18.7. The van der Waals surface area contributed by atoms with E-state index < -0.39 is 0 Å². The number of likely N-dealkylation sites (tertiary alicyclic amines) is 1. The smallest absolute Gasteiger partial charge is 0.257 e. The van der Waals surface area contributed by atoms with Gasteiger partial charge in [-0.15, -0.1) is 0 Å². The van der Waals surface area contributed by atoms with Crippen LogP contribution in [0.4, 0.5) is 0 Å². The van der Waals surface area contributed by atoms with E-state index in [0.717, 1.165) is 31.8 Å². The highest BCUT2D eigenvalue weighted by Crippen LogP contribution is 2.29. The van der Waals surface area contributed by atoms with Crippen LogP contribution in [-0.4, -0.2) is 64.1 Å². The van der Waals surface area contributed by atoms with Gasteiger partial charge in [0.05, 0.1) is 5.56 Å². The second-order valence-corrected chi connectivity index (χ2v) is 7.47. The summed E-state index contributed by atoms with van der Waals surface area (Å²) in [5, 5.41) is 10.5. The number of likely N-dealkylation sites (N-methyl/N-ethyl adjacent to an activating group) is 1. The fraction of sp³-hybridized carbons (Fsp3) is 0.474. The van der Waals surface area contributed by atoms with Gasteiger partial charge in [-0.05, 0) is 45.1 Å². The minimum atomic E-state index is -0.157. The molecule has 1 fully saturated rings. The summed E-state index contributed by atoms with van der Waals surface area (Å²) in [5.74, 6) is 1.01. The van der Waals surface area contributed by atoms with Crippen molar-refractivity contribution in [1.29, 1.82) is 0 Å². The van der Waals surface area contributed by atoms with Gasteiger partial charge in [0.25, 0.3) is 5.91 Å². The van der Waals surface area contributed by atoms with Gasteiger partial charge in [-0.1, -0.05) is 11.6 Å². The molecular formula is C19H25ClN4O2. The Morgan fingerprint density at radius 1 is 1.42 bits per heavy atom. The van der Waals surface area contributed by atoms with E-state index in [2.05, 4.69) is 28.5 Å². The van der Waals surface area contributed by atoms with Crippen LogP contribution in [0.1, 0.15) is 34.9 Å². The van der Waals surface area contributed by atoms with Crippen LogP contribution in [0.2, 0.25) is 5.02 Å². The zero-order chi connectivity index (χ0) is 18.7. The molecule has 0 spiro atoms. The molecule has 1 atom stereocenters. The van der Waals surface area contributed by atoms with Gasteiger partial charge in [-0.25, -0.2) is 4.98 Å². The third-order valence-electron chi connectivity index (χ3n) is 4.80. The highest BCUT2D eigenvalue weighted by Gasteiger charge is 2.29. The van der Waals surface area contributed by atoms with Crippen LogP contribution in [0.25, 0.3) is 0 Å². The molecule has 1 aliphatic rings. The van der Waals surface area contributed by atoms with Gasteiger partial charge in [0.1, 0.15) is 11.6 Å². The van der Waals surface area contributed by atoms with Gasteiger partial charge in [0.15, 0.2) is 0 Å². The van der Waals surface area contributed by atoms with Crippen LogP contribution in [0.5, 0.6) is 5.75 Å². The molecule has 1 saturated heterocycles. The van der Waals surface area contributed by atoms with Crippen LogP contribution in [0.3, 0.4) is 0 Å². The molecule has 3 rings (SSSR count). The number of halogens is 1. The van der Waals surface area contributed by atoms with E-state index in [9.17, 15) is 9.90 Å². The van der Waals surface area contributed by atoms with Crippen LogP contribution >= 0.6 is 11.6 Å². The number of carbonyl (C=O) groups is 1. The monoisotopic (exact) mass is 376 g/mol. The van der Waals surface area contributed by atoms with E-state index in [-0.39, 0.29) is 17.6 Å². The van der Waals surface area contributed by atoms with Crippen LogP contribution in [0.15, 0.2) is 30.6 Å². The Bertz CT molecular complexity index is 775. The number of nitrogens with zero attached hydrogens (tertiary/aromatic N) is 4. The molecule has 26 heavy (non-hydrogen) atoms. The maximum atomic E-state index is 12.8. The predicted octanol–water partition coefficient (Wildman–Crippen LogP) is 2.82. The number of carbonyl (C=O) groups excluding carboxylic acids is 1. The molecule has 1 aliphatic heterocycles. The topological polar surface area (TPSA) is 61.6 Å². The van der Waals surface area contributed by atoms with Gasteiger partial charge in [0, 0.05) is 49.5 Å². The van der Waals surface area contributed by atoms with E-state index in [1.165, 1.54) is 6.07 Å². The quantitative estimate of drug-likeness (QED) is 0.871. The first-order valence-electron chi connectivity index (χ1n) is 8.89. The maximum absolute atomic E-state index is 12.8. The number of hydrogen-bond donors (Lipinski definition) is 1. The summed E-state index contributed by atoms with van der Waals surface area (Å²) in [7, 11) is 4.10. The normalized spacial score (nSPS) is 17.7. The molecule has 1 aromatic carbocycles. The number of aromatic hydroxyl groups is 1. The lowest BCUT2D eigenvalue weighted by Crippen LogP contribution is -2.40. The number of aromatic nitrogens is 2. The highest BCUT2D eigenvalue weighted by atomic mass is 35.5. The minimum Gasteiger partial charge on any atom is -0.507 e. The largest absolute Gasteiger partial charge is 0.507 e.